The first kappa shape index (κ1) is 26.5. The molecule has 28 heavy (non-hydrogen) atoms. The summed E-state index contributed by atoms with van der Waals surface area (Å²) >= 11 is 0. The minimum Gasteiger partial charge on any atom is -0.478 e. The lowest BCUT2D eigenvalue weighted by Crippen LogP contribution is -2.10. The predicted molar refractivity (Wildman–Crippen MR) is 103 cm³/mol. The van der Waals surface area contributed by atoms with E-state index in [1.807, 2.05) is 0 Å². The highest BCUT2D eigenvalue weighted by atomic mass is 16.5. The summed E-state index contributed by atoms with van der Waals surface area (Å²) in [6.45, 7) is 13.7. The number of carboxylic acid groups (broad SMARTS) is 2. The first-order chi connectivity index (χ1) is 13.2. The van der Waals surface area contributed by atoms with Crippen molar-refractivity contribution in [3.8, 4) is 0 Å². The van der Waals surface area contributed by atoms with Gasteiger partial charge in [-0.05, 0) is 12.8 Å². The monoisotopic (exact) mass is 392 g/mol. The molecule has 0 aliphatic heterocycles. The molecule has 0 heterocycles. The summed E-state index contributed by atoms with van der Waals surface area (Å²) in [6.07, 6.45) is 7.63. The number of esters is 2. The largest absolute Gasteiger partial charge is 0.478 e. The molecule has 0 amide bonds. The quantitative estimate of drug-likeness (QED) is 0.295. The van der Waals surface area contributed by atoms with Crippen molar-refractivity contribution in [3.05, 3.63) is 73.9 Å². The minimum absolute atomic E-state index is 0.0325. The van der Waals surface area contributed by atoms with Crippen LogP contribution in [0.2, 0.25) is 0 Å². The highest BCUT2D eigenvalue weighted by Crippen LogP contribution is 2.14. The smallest absolute Gasteiger partial charge is 0.332 e. The van der Waals surface area contributed by atoms with E-state index in [0.29, 0.717) is 0 Å². The Morgan fingerprint density at radius 2 is 0.964 bits per heavy atom. The fraction of sp³-hybridized carbons (Fsp3) is 0.200. The molecule has 0 aromatic rings. The van der Waals surface area contributed by atoms with Crippen LogP contribution < -0.4 is 0 Å². The average molecular weight is 392 g/mol. The van der Waals surface area contributed by atoms with Crippen LogP contribution in [0.15, 0.2) is 73.9 Å². The van der Waals surface area contributed by atoms with Crippen LogP contribution in [0.25, 0.3) is 0 Å². The highest BCUT2D eigenvalue weighted by molar-refractivity contribution is 5.99. The minimum atomic E-state index is -1.23. The first-order valence-corrected chi connectivity index (χ1v) is 7.88. The van der Waals surface area contributed by atoms with E-state index in [2.05, 4.69) is 35.8 Å². The predicted octanol–water partition coefficient (Wildman–Crippen LogP) is 2.61. The van der Waals surface area contributed by atoms with Crippen LogP contribution in [0.5, 0.6) is 0 Å². The molecule has 0 rings (SSSR count). The van der Waals surface area contributed by atoms with E-state index in [-0.39, 0.29) is 37.2 Å². The van der Waals surface area contributed by atoms with Crippen LogP contribution >= 0.6 is 0 Å². The molecule has 0 unspecified atom stereocenters. The van der Waals surface area contributed by atoms with Gasteiger partial charge in [0.15, 0.2) is 0 Å². The Balaban J connectivity index is 0. The number of carboxylic acids is 2. The molecule has 0 aromatic carbocycles. The van der Waals surface area contributed by atoms with Crippen LogP contribution in [0.4, 0.5) is 0 Å². The van der Waals surface area contributed by atoms with Crippen LogP contribution in [0, 0.1) is 0 Å². The summed E-state index contributed by atoms with van der Waals surface area (Å²) in [6, 6.07) is 0. The average Bonchev–Trinajstić information content (AvgIpc) is 2.65. The van der Waals surface area contributed by atoms with Gasteiger partial charge in [0.1, 0.15) is 13.2 Å². The zero-order valence-corrected chi connectivity index (χ0v) is 15.5. The summed E-state index contributed by atoms with van der Waals surface area (Å²) in [5, 5.41) is 17.5. The van der Waals surface area contributed by atoms with Gasteiger partial charge in [0.2, 0.25) is 0 Å². The van der Waals surface area contributed by atoms with Gasteiger partial charge in [-0.3, -0.25) is 0 Å². The van der Waals surface area contributed by atoms with Gasteiger partial charge in [-0.15, -0.1) is 13.2 Å². The summed E-state index contributed by atoms with van der Waals surface area (Å²) in [5.74, 6) is -3.69. The number of hydrogen-bond acceptors (Lipinski definition) is 6. The summed E-state index contributed by atoms with van der Waals surface area (Å²) < 4.78 is 9.15. The molecule has 0 fully saturated rings. The molecule has 8 heteroatoms. The molecule has 0 saturated heterocycles. The van der Waals surface area contributed by atoms with Crippen molar-refractivity contribution in [1.29, 1.82) is 0 Å². The van der Waals surface area contributed by atoms with Gasteiger partial charge < -0.3 is 19.7 Å². The van der Waals surface area contributed by atoms with Gasteiger partial charge in [-0.25, -0.2) is 19.2 Å². The van der Waals surface area contributed by atoms with E-state index in [4.69, 9.17) is 10.2 Å². The molecule has 0 aromatic heterocycles. The topological polar surface area (TPSA) is 127 Å². The molecule has 0 aliphatic carbocycles. The van der Waals surface area contributed by atoms with Gasteiger partial charge in [-0.1, -0.05) is 37.5 Å². The Morgan fingerprint density at radius 1 is 0.643 bits per heavy atom. The second kappa shape index (κ2) is 16.8. The van der Waals surface area contributed by atoms with Crippen molar-refractivity contribution >= 4 is 23.9 Å². The summed E-state index contributed by atoms with van der Waals surface area (Å²) in [5.41, 5.74) is -0.292. The van der Waals surface area contributed by atoms with E-state index in [0.717, 1.165) is 12.2 Å². The molecule has 0 saturated carbocycles. The number of carbonyl (C=O) groups is 4. The van der Waals surface area contributed by atoms with Crippen molar-refractivity contribution in [1.82, 2.24) is 0 Å². The number of aliphatic carboxylic acids is 2. The normalized spacial score (nSPS) is 10.4. The Bertz CT molecular complexity index is 612. The zero-order valence-electron chi connectivity index (χ0n) is 15.5. The molecule has 0 atom stereocenters. The third-order valence-electron chi connectivity index (χ3n) is 2.62. The number of rotatable bonds is 12. The maximum Gasteiger partial charge on any atom is 0.332 e. The highest BCUT2D eigenvalue weighted by Gasteiger charge is 2.17. The SMILES string of the molecule is C=CC/C(C(=O)O)=C(\CC=C)C(=O)O.C=CCOC(=O)C=CC(=O)OCC=C. The lowest BCUT2D eigenvalue weighted by molar-refractivity contribution is -0.139. The van der Waals surface area contributed by atoms with Crippen molar-refractivity contribution in [2.24, 2.45) is 0 Å². The standard InChI is InChI=1S/2C10H12O4/c1-3-7-13-9(11)5-6-10(12)14-8-4-2;1-3-5-7(9(11)12)8(6-4-2)10(13)14/h3-6H,1-2,7-8H2;3-4H,1-2,5-6H2,(H,11,12)(H,13,14)/b;8-7-. The third kappa shape index (κ3) is 13.6. The van der Waals surface area contributed by atoms with Crippen molar-refractivity contribution in [3.63, 3.8) is 0 Å². The van der Waals surface area contributed by atoms with Crippen LogP contribution in [0.1, 0.15) is 12.8 Å². The van der Waals surface area contributed by atoms with Gasteiger partial charge in [-0.2, -0.15) is 0 Å². The molecule has 0 aliphatic rings. The third-order valence-corrected chi connectivity index (χ3v) is 2.62. The molecule has 0 bridgehead atoms. The van der Waals surface area contributed by atoms with Gasteiger partial charge in [0, 0.05) is 12.2 Å². The first-order valence-electron chi connectivity index (χ1n) is 7.88. The fourth-order valence-corrected chi connectivity index (χ4v) is 1.48. The Labute approximate surface area is 163 Å². The van der Waals surface area contributed by atoms with E-state index in [1.54, 1.807) is 0 Å². The summed E-state index contributed by atoms with van der Waals surface area (Å²) in [4.78, 5) is 43.0. The van der Waals surface area contributed by atoms with Crippen LogP contribution in [-0.4, -0.2) is 47.3 Å². The zero-order chi connectivity index (χ0) is 21.9. The molecule has 152 valence electrons. The van der Waals surface area contributed by atoms with Gasteiger partial charge >= 0.3 is 23.9 Å². The van der Waals surface area contributed by atoms with E-state index < -0.39 is 23.9 Å². The van der Waals surface area contributed by atoms with Gasteiger partial charge in [0.05, 0.1) is 11.1 Å². The molecule has 0 radical (unpaired) electrons. The summed E-state index contributed by atoms with van der Waals surface area (Å²) in [7, 11) is 0. The van der Waals surface area contributed by atoms with Crippen molar-refractivity contribution < 1.29 is 38.9 Å². The molecule has 2 N–H and O–H groups in total. The maximum absolute atomic E-state index is 10.8. The second-order valence-electron chi connectivity index (χ2n) is 4.72. The van der Waals surface area contributed by atoms with E-state index >= 15 is 0 Å². The second-order valence-corrected chi connectivity index (χ2v) is 4.72. The number of carbonyl (C=O) groups excluding carboxylic acids is 2. The lowest BCUT2D eigenvalue weighted by atomic mass is 10.0. The van der Waals surface area contributed by atoms with Crippen LogP contribution in [-0.2, 0) is 28.7 Å². The number of ether oxygens (including phenoxy) is 2. The Hall–Kier alpha value is -3.68. The van der Waals surface area contributed by atoms with E-state index in [1.165, 1.54) is 24.3 Å². The maximum atomic E-state index is 10.8. The number of allylic oxidation sites excluding steroid dienone is 2. The number of hydrogen-bond donors (Lipinski definition) is 2. The Morgan fingerprint density at radius 3 is 1.18 bits per heavy atom. The lowest BCUT2D eigenvalue weighted by Gasteiger charge is -2.04. The van der Waals surface area contributed by atoms with Crippen LogP contribution in [0.3, 0.4) is 0 Å². The molecular weight excluding hydrogens is 368 g/mol. The van der Waals surface area contributed by atoms with Gasteiger partial charge in [0.25, 0.3) is 0 Å². The Kier molecular flexibility index (Phi) is 15.9. The fourth-order valence-electron chi connectivity index (χ4n) is 1.48. The molecule has 0 spiro atoms. The molecule has 8 nitrogen and oxygen atoms in total. The van der Waals surface area contributed by atoms with Crippen molar-refractivity contribution in [2.75, 3.05) is 13.2 Å². The molecular formula is C20H24O8. The van der Waals surface area contributed by atoms with Crippen molar-refractivity contribution in [2.45, 2.75) is 12.8 Å². The van der Waals surface area contributed by atoms with E-state index in [9.17, 15) is 19.2 Å².